The summed E-state index contributed by atoms with van der Waals surface area (Å²) in [4.78, 5) is 12.0. The van der Waals surface area contributed by atoms with E-state index in [1.54, 1.807) is 6.92 Å². The number of rotatable bonds is 3. The van der Waals surface area contributed by atoms with Crippen LogP contribution in [0.5, 0.6) is 0 Å². The summed E-state index contributed by atoms with van der Waals surface area (Å²) in [5.74, 6) is -0.263. The van der Waals surface area contributed by atoms with E-state index < -0.39 is 0 Å². The molecule has 1 rings (SSSR count). The Morgan fingerprint density at radius 1 is 1.57 bits per heavy atom. The summed E-state index contributed by atoms with van der Waals surface area (Å²) in [6.45, 7) is 4.19. The first kappa shape index (κ1) is 13.3. The molecule has 1 heterocycles. The molecule has 0 aliphatic rings. The monoisotopic (exact) mass is 235 g/mol. The smallest absolute Gasteiger partial charge is 0.348 e. The second-order valence-corrected chi connectivity index (χ2v) is 3.66. The van der Waals surface area contributed by atoms with Crippen molar-refractivity contribution in [3.05, 3.63) is 16.5 Å². The summed E-state index contributed by atoms with van der Waals surface area (Å²) < 4.78 is 4.90. The van der Waals surface area contributed by atoms with Gasteiger partial charge < -0.3 is 10.5 Å². The van der Waals surface area contributed by atoms with Gasteiger partial charge in [0.2, 0.25) is 0 Å². The van der Waals surface area contributed by atoms with Crippen LogP contribution in [0, 0.1) is 0 Å². The number of ether oxygens (including phenoxy) is 1. The van der Waals surface area contributed by atoms with Crippen LogP contribution in [0.25, 0.3) is 0 Å². The van der Waals surface area contributed by atoms with Crippen molar-refractivity contribution in [1.29, 1.82) is 0 Å². The van der Waals surface area contributed by atoms with Gasteiger partial charge in [0.15, 0.2) is 0 Å². The highest BCUT2D eigenvalue weighted by Crippen LogP contribution is 2.25. The Hall–Kier alpha value is -0.740. The van der Waals surface area contributed by atoms with Crippen LogP contribution in [0.1, 0.15) is 29.1 Å². The van der Waals surface area contributed by atoms with E-state index in [0.29, 0.717) is 16.5 Å². The van der Waals surface area contributed by atoms with Crippen molar-refractivity contribution in [2.24, 2.45) is 0 Å². The predicted octanol–water partition coefficient (Wildman–Crippen LogP) is 2.49. The van der Waals surface area contributed by atoms with E-state index in [2.05, 4.69) is 0 Å². The van der Waals surface area contributed by atoms with E-state index in [-0.39, 0.29) is 18.4 Å². The number of esters is 1. The Morgan fingerprint density at radius 2 is 2.21 bits per heavy atom. The van der Waals surface area contributed by atoms with Gasteiger partial charge in [-0.25, -0.2) is 4.79 Å². The summed E-state index contributed by atoms with van der Waals surface area (Å²) in [5.41, 5.74) is 6.57. The van der Waals surface area contributed by atoms with E-state index in [9.17, 15) is 4.79 Å². The summed E-state index contributed by atoms with van der Waals surface area (Å²) in [5, 5.41) is 0.667. The number of aryl methyl sites for hydroxylation is 1. The molecule has 0 amide bonds. The Balaban J connectivity index is 0.00000169. The van der Waals surface area contributed by atoms with Crippen LogP contribution < -0.4 is 5.73 Å². The largest absolute Gasteiger partial charge is 0.462 e. The Bertz CT molecular complexity index is 312. The fourth-order valence-corrected chi connectivity index (χ4v) is 2.00. The quantitative estimate of drug-likeness (QED) is 0.819. The second kappa shape index (κ2) is 5.88. The third-order valence-corrected chi connectivity index (χ3v) is 2.66. The van der Waals surface area contributed by atoms with Gasteiger partial charge in [-0.1, -0.05) is 6.92 Å². The number of nitrogens with two attached hydrogens (primary N) is 1. The highest BCUT2D eigenvalue weighted by molar-refractivity contribution is 7.17. The Kier molecular flexibility index (Phi) is 5.57. The molecule has 0 fully saturated rings. The van der Waals surface area contributed by atoms with E-state index >= 15 is 0 Å². The van der Waals surface area contributed by atoms with Crippen LogP contribution in [0.2, 0.25) is 0 Å². The van der Waals surface area contributed by atoms with Crippen molar-refractivity contribution in [3.63, 3.8) is 0 Å². The van der Waals surface area contributed by atoms with Crippen LogP contribution in [-0.2, 0) is 11.2 Å². The van der Waals surface area contributed by atoms with Gasteiger partial charge in [-0.2, -0.15) is 0 Å². The van der Waals surface area contributed by atoms with Gasteiger partial charge >= 0.3 is 5.97 Å². The molecule has 0 saturated heterocycles. The highest BCUT2D eigenvalue weighted by Gasteiger charge is 2.14. The van der Waals surface area contributed by atoms with Gasteiger partial charge in [0, 0.05) is 0 Å². The lowest BCUT2D eigenvalue weighted by atomic mass is 10.2. The highest BCUT2D eigenvalue weighted by atomic mass is 35.5. The van der Waals surface area contributed by atoms with Crippen LogP contribution in [0.3, 0.4) is 0 Å². The second-order valence-electron chi connectivity index (χ2n) is 2.58. The fourth-order valence-electron chi connectivity index (χ4n) is 1.08. The number of thiophene rings is 1. The zero-order chi connectivity index (χ0) is 9.84. The van der Waals surface area contributed by atoms with Crippen LogP contribution in [0.15, 0.2) is 6.07 Å². The molecular weight excluding hydrogens is 222 g/mol. The van der Waals surface area contributed by atoms with Crippen LogP contribution in [0.4, 0.5) is 5.00 Å². The molecule has 14 heavy (non-hydrogen) atoms. The average molecular weight is 236 g/mol. The summed E-state index contributed by atoms with van der Waals surface area (Å²) in [7, 11) is 0. The number of halogens is 1. The standard InChI is InChI=1S/C9H13NO2S.ClH/c1-3-6-5-7(10)13-8(6)9(11)12-4-2;/h5H,3-4,10H2,1-2H3;1H. The third kappa shape index (κ3) is 2.89. The molecule has 5 heteroatoms. The van der Waals surface area contributed by atoms with E-state index in [1.807, 2.05) is 13.0 Å². The molecular formula is C9H14ClNO2S. The van der Waals surface area contributed by atoms with Gasteiger partial charge in [0.1, 0.15) is 4.88 Å². The van der Waals surface area contributed by atoms with Crippen molar-refractivity contribution in [3.8, 4) is 0 Å². The first-order valence-corrected chi connectivity index (χ1v) is 5.06. The third-order valence-electron chi connectivity index (χ3n) is 1.67. The van der Waals surface area contributed by atoms with Crippen molar-refractivity contribution in [1.82, 2.24) is 0 Å². The maximum absolute atomic E-state index is 11.4. The van der Waals surface area contributed by atoms with Crippen molar-refractivity contribution in [2.75, 3.05) is 12.3 Å². The maximum atomic E-state index is 11.4. The number of nitrogen functional groups attached to an aromatic ring is 1. The van der Waals surface area contributed by atoms with Gasteiger partial charge in [-0.05, 0) is 25.0 Å². The average Bonchev–Trinajstić information content (AvgIpc) is 2.47. The molecule has 0 aliphatic carbocycles. The zero-order valence-corrected chi connectivity index (χ0v) is 9.83. The van der Waals surface area contributed by atoms with Gasteiger partial charge in [0.05, 0.1) is 11.6 Å². The number of carbonyl (C=O) groups excluding carboxylic acids is 1. The van der Waals surface area contributed by atoms with Gasteiger partial charge in [0.25, 0.3) is 0 Å². The molecule has 0 spiro atoms. The Labute approximate surface area is 93.7 Å². The number of hydrogen-bond acceptors (Lipinski definition) is 4. The van der Waals surface area contributed by atoms with Crippen molar-refractivity contribution >= 4 is 34.7 Å². The molecule has 80 valence electrons. The van der Waals surface area contributed by atoms with Crippen LogP contribution in [-0.4, -0.2) is 12.6 Å². The first-order chi connectivity index (χ1) is 6.19. The minimum atomic E-state index is -0.263. The van der Waals surface area contributed by atoms with Gasteiger partial charge in [-0.15, -0.1) is 23.7 Å². The zero-order valence-electron chi connectivity index (χ0n) is 8.20. The normalized spacial score (nSPS) is 9.29. The molecule has 0 radical (unpaired) electrons. The molecule has 2 N–H and O–H groups in total. The SMILES string of the molecule is CCOC(=O)c1sc(N)cc1CC.Cl. The van der Waals surface area contributed by atoms with Crippen LogP contribution >= 0.6 is 23.7 Å². The fraction of sp³-hybridized carbons (Fsp3) is 0.444. The number of carbonyl (C=O) groups is 1. The molecule has 1 aromatic rings. The minimum absolute atomic E-state index is 0. The Morgan fingerprint density at radius 3 is 2.71 bits per heavy atom. The number of hydrogen-bond donors (Lipinski definition) is 1. The molecule has 0 saturated carbocycles. The topological polar surface area (TPSA) is 52.3 Å². The lowest BCUT2D eigenvalue weighted by Crippen LogP contribution is -2.04. The van der Waals surface area contributed by atoms with E-state index in [4.69, 9.17) is 10.5 Å². The van der Waals surface area contributed by atoms with Crippen molar-refractivity contribution in [2.45, 2.75) is 20.3 Å². The molecule has 1 aromatic heterocycles. The molecule has 0 aliphatic heterocycles. The molecule has 3 nitrogen and oxygen atoms in total. The lowest BCUT2D eigenvalue weighted by molar-refractivity contribution is 0.0531. The summed E-state index contributed by atoms with van der Waals surface area (Å²) >= 11 is 1.29. The first-order valence-electron chi connectivity index (χ1n) is 4.24. The molecule has 0 aromatic carbocycles. The summed E-state index contributed by atoms with van der Waals surface area (Å²) in [6, 6.07) is 1.83. The molecule has 0 unspecified atom stereocenters. The predicted molar refractivity (Wildman–Crippen MR) is 61.3 cm³/mol. The van der Waals surface area contributed by atoms with E-state index in [0.717, 1.165) is 12.0 Å². The van der Waals surface area contributed by atoms with E-state index in [1.165, 1.54) is 11.3 Å². The van der Waals surface area contributed by atoms with Crippen molar-refractivity contribution < 1.29 is 9.53 Å². The minimum Gasteiger partial charge on any atom is -0.462 e. The molecule has 0 atom stereocenters. The maximum Gasteiger partial charge on any atom is 0.348 e. The lowest BCUT2D eigenvalue weighted by Gasteiger charge is -2.00. The molecule has 0 bridgehead atoms. The van der Waals surface area contributed by atoms with Gasteiger partial charge in [-0.3, -0.25) is 0 Å². The summed E-state index contributed by atoms with van der Waals surface area (Å²) in [6.07, 6.45) is 0.807. The number of anilines is 1.